The summed E-state index contributed by atoms with van der Waals surface area (Å²) in [6.07, 6.45) is 0. The zero-order valence-electron chi connectivity index (χ0n) is 8.27. The van der Waals surface area contributed by atoms with Crippen LogP contribution < -0.4 is 5.73 Å². The molecule has 2 nitrogen and oxygen atoms in total. The maximum absolute atomic E-state index is 5.84. The van der Waals surface area contributed by atoms with E-state index in [1.54, 1.807) is 0 Å². The summed E-state index contributed by atoms with van der Waals surface area (Å²) in [7, 11) is 0. The van der Waals surface area contributed by atoms with E-state index in [4.69, 9.17) is 17.3 Å². The summed E-state index contributed by atoms with van der Waals surface area (Å²) in [5.74, 6) is 0. The first-order valence-corrected chi connectivity index (χ1v) is 5.91. The lowest BCUT2D eigenvalue weighted by molar-refractivity contribution is 0.990. The fourth-order valence-electron chi connectivity index (χ4n) is 1.42. The molecule has 0 saturated heterocycles. The number of nitrogens with two attached hydrogens (primary N) is 1. The molecule has 1 unspecified atom stereocenters. The highest BCUT2D eigenvalue weighted by Gasteiger charge is 2.12. The van der Waals surface area contributed by atoms with E-state index >= 15 is 0 Å². The summed E-state index contributed by atoms with van der Waals surface area (Å²) < 4.78 is 0. The maximum atomic E-state index is 5.84. The predicted octanol–water partition coefficient (Wildman–Crippen LogP) is 3.13. The van der Waals surface area contributed by atoms with Crippen LogP contribution in [0.4, 0.5) is 0 Å². The first kappa shape index (κ1) is 10.7. The van der Waals surface area contributed by atoms with Crippen LogP contribution in [0.25, 0.3) is 5.57 Å². The van der Waals surface area contributed by atoms with Gasteiger partial charge in [0.05, 0.1) is 0 Å². The average molecular weight is 239 g/mol. The molecule has 2 N–H and O–H groups in total. The Hall–Kier alpha value is -0.770. The van der Waals surface area contributed by atoms with Crippen LogP contribution in [-0.4, -0.2) is 11.2 Å². The van der Waals surface area contributed by atoms with E-state index in [9.17, 15) is 0 Å². The Morgan fingerprint density at radius 1 is 1.33 bits per heavy atom. The van der Waals surface area contributed by atoms with Gasteiger partial charge >= 0.3 is 0 Å². The zero-order valence-corrected chi connectivity index (χ0v) is 9.85. The van der Waals surface area contributed by atoms with Gasteiger partial charge in [-0.05, 0) is 30.0 Å². The Kier molecular flexibility index (Phi) is 3.14. The van der Waals surface area contributed by atoms with Crippen LogP contribution in [0.5, 0.6) is 0 Å². The molecule has 1 aromatic rings. The smallest absolute Gasteiger partial charge is 0.148 e. The van der Waals surface area contributed by atoms with E-state index in [1.165, 1.54) is 11.8 Å². The number of aliphatic imine (C=N–C) groups is 1. The molecule has 2 rings (SSSR count). The number of thioether (sulfide) groups is 1. The molecule has 1 atom stereocenters. The van der Waals surface area contributed by atoms with Gasteiger partial charge in [0, 0.05) is 16.3 Å². The average Bonchev–Trinajstić information content (AvgIpc) is 2.20. The fraction of sp³-hybridized carbons (Fsp3) is 0.182. The van der Waals surface area contributed by atoms with Crippen molar-refractivity contribution in [2.75, 3.05) is 0 Å². The fourth-order valence-corrected chi connectivity index (χ4v) is 2.35. The third-order valence-electron chi connectivity index (χ3n) is 2.19. The van der Waals surface area contributed by atoms with Gasteiger partial charge < -0.3 is 5.73 Å². The minimum atomic E-state index is -0.166. The van der Waals surface area contributed by atoms with Crippen molar-refractivity contribution in [3.8, 4) is 0 Å². The van der Waals surface area contributed by atoms with Crippen LogP contribution in [0, 0.1) is 0 Å². The molecule has 78 valence electrons. The van der Waals surface area contributed by atoms with Crippen molar-refractivity contribution in [2.45, 2.75) is 12.4 Å². The van der Waals surface area contributed by atoms with Gasteiger partial charge in [-0.15, -0.1) is 0 Å². The van der Waals surface area contributed by atoms with Crippen LogP contribution in [0.3, 0.4) is 0 Å². The van der Waals surface area contributed by atoms with Crippen molar-refractivity contribution in [2.24, 2.45) is 10.7 Å². The molecule has 0 fully saturated rings. The van der Waals surface area contributed by atoms with Crippen LogP contribution in [-0.2, 0) is 0 Å². The molecular formula is C11H11ClN2S. The lowest BCUT2D eigenvalue weighted by Gasteiger charge is -2.15. The van der Waals surface area contributed by atoms with Gasteiger partial charge in [0.15, 0.2) is 0 Å². The Bertz CT molecular complexity index is 423. The van der Waals surface area contributed by atoms with Crippen molar-refractivity contribution in [1.29, 1.82) is 0 Å². The van der Waals surface area contributed by atoms with Gasteiger partial charge in [0.25, 0.3) is 0 Å². The predicted molar refractivity (Wildman–Crippen MR) is 68.1 cm³/mol. The SMILES string of the molecule is CC1=NC(N)SC=C1c1ccc(Cl)cc1. The topological polar surface area (TPSA) is 38.4 Å². The minimum Gasteiger partial charge on any atom is -0.301 e. The van der Waals surface area contributed by atoms with Gasteiger partial charge in [0.1, 0.15) is 5.50 Å². The Morgan fingerprint density at radius 2 is 2.00 bits per heavy atom. The molecule has 1 aliphatic heterocycles. The number of allylic oxidation sites excluding steroid dienone is 1. The zero-order chi connectivity index (χ0) is 10.8. The third kappa shape index (κ3) is 2.43. The Balaban J connectivity index is 2.33. The van der Waals surface area contributed by atoms with Crippen molar-refractivity contribution < 1.29 is 0 Å². The van der Waals surface area contributed by atoms with Crippen molar-refractivity contribution in [1.82, 2.24) is 0 Å². The lowest BCUT2D eigenvalue weighted by atomic mass is 10.0. The van der Waals surface area contributed by atoms with E-state index in [-0.39, 0.29) is 5.50 Å². The highest BCUT2D eigenvalue weighted by molar-refractivity contribution is 8.02. The Morgan fingerprint density at radius 3 is 2.60 bits per heavy atom. The first-order valence-electron chi connectivity index (χ1n) is 4.59. The summed E-state index contributed by atoms with van der Waals surface area (Å²) in [5.41, 5.74) is 8.76. The lowest BCUT2D eigenvalue weighted by Crippen LogP contribution is -2.17. The highest BCUT2D eigenvalue weighted by atomic mass is 35.5. The Labute approximate surface area is 98.2 Å². The summed E-state index contributed by atoms with van der Waals surface area (Å²) in [4.78, 5) is 4.32. The number of halogens is 1. The van der Waals surface area contributed by atoms with Gasteiger partial charge in [-0.2, -0.15) is 0 Å². The summed E-state index contributed by atoms with van der Waals surface area (Å²) in [6, 6.07) is 7.74. The summed E-state index contributed by atoms with van der Waals surface area (Å²) in [5, 5.41) is 2.80. The van der Waals surface area contributed by atoms with E-state index in [1.807, 2.05) is 31.2 Å². The van der Waals surface area contributed by atoms with Crippen molar-refractivity contribution >= 4 is 34.6 Å². The van der Waals surface area contributed by atoms with Gasteiger partial charge in [0.2, 0.25) is 0 Å². The van der Waals surface area contributed by atoms with E-state index < -0.39 is 0 Å². The molecule has 0 amide bonds. The minimum absolute atomic E-state index is 0.166. The summed E-state index contributed by atoms with van der Waals surface area (Å²) >= 11 is 7.36. The van der Waals surface area contributed by atoms with Crippen LogP contribution in [0.15, 0.2) is 34.7 Å². The molecule has 4 heteroatoms. The number of hydrogen-bond acceptors (Lipinski definition) is 3. The molecular weight excluding hydrogens is 228 g/mol. The summed E-state index contributed by atoms with van der Waals surface area (Å²) in [6.45, 7) is 1.97. The van der Waals surface area contributed by atoms with Gasteiger partial charge in [-0.25, -0.2) is 0 Å². The van der Waals surface area contributed by atoms with Gasteiger partial charge in [-0.1, -0.05) is 35.5 Å². The van der Waals surface area contributed by atoms with E-state index in [0.29, 0.717) is 0 Å². The van der Waals surface area contributed by atoms with Gasteiger partial charge in [-0.3, -0.25) is 4.99 Å². The second-order valence-electron chi connectivity index (χ2n) is 3.28. The monoisotopic (exact) mass is 238 g/mol. The largest absolute Gasteiger partial charge is 0.301 e. The number of hydrogen-bond donors (Lipinski definition) is 1. The van der Waals surface area contributed by atoms with E-state index in [2.05, 4.69) is 10.4 Å². The molecule has 1 aromatic carbocycles. The first-order chi connectivity index (χ1) is 7.16. The van der Waals surface area contributed by atoms with Crippen molar-refractivity contribution in [3.05, 3.63) is 40.3 Å². The molecule has 1 heterocycles. The molecule has 0 aliphatic carbocycles. The third-order valence-corrected chi connectivity index (χ3v) is 3.20. The van der Waals surface area contributed by atoms with Crippen LogP contribution in [0.1, 0.15) is 12.5 Å². The molecule has 0 bridgehead atoms. The number of benzene rings is 1. The highest BCUT2D eigenvalue weighted by Crippen LogP contribution is 2.27. The normalized spacial score (nSPS) is 20.9. The van der Waals surface area contributed by atoms with Crippen LogP contribution in [0.2, 0.25) is 5.02 Å². The molecule has 0 radical (unpaired) electrons. The standard InChI is InChI=1S/C11H11ClN2S/c1-7-10(6-15-11(13)14-7)8-2-4-9(12)5-3-8/h2-6,11H,13H2,1H3. The molecule has 15 heavy (non-hydrogen) atoms. The number of rotatable bonds is 1. The van der Waals surface area contributed by atoms with Crippen molar-refractivity contribution in [3.63, 3.8) is 0 Å². The second kappa shape index (κ2) is 4.39. The maximum Gasteiger partial charge on any atom is 0.148 e. The molecule has 0 aromatic heterocycles. The molecule has 1 aliphatic rings. The molecule has 0 saturated carbocycles. The van der Waals surface area contributed by atoms with E-state index in [0.717, 1.165) is 21.9 Å². The van der Waals surface area contributed by atoms with Crippen LogP contribution >= 0.6 is 23.4 Å². The second-order valence-corrected chi connectivity index (χ2v) is 4.71. The number of nitrogens with zero attached hydrogens (tertiary/aromatic N) is 1. The molecule has 0 spiro atoms. The quantitative estimate of drug-likeness (QED) is 0.817.